The first-order valence-corrected chi connectivity index (χ1v) is 8.85. The molecule has 1 fully saturated rings. The Bertz CT molecular complexity index is 605. The Hall–Kier alpha value is -0.930. The molecule has 1 N–H and O–H groups in total. The van der Waals surface area contributed by atoms with Crippen LogP contribution in [0.1, 0.15) is 50.8 Å². The van der Waals surface area contributed by atoms with Gasteiger partial charge in [0.1, 0.15) is 0 Å². The zero-order valence-electron chi connectivity index (χ0n) is 12.6. The molecule has 2 aromatic rings. The second kappa shape index (κ2) is 6.89. The number of rotatable bonds is 5. The number of pyridine rings is 1. The number of nitrogens with zero attached hydrogens (tertiary/aromatic N) is 1. The molecule has 1 heterocycles. The molecule has 0 radical (unpaired) electrons. The number of benzene rings is 1. The van der Waals surface area contributed by atoms with Gasteiger partial charge in [-0.1, -0.05) is 50.8 Å². The second-order valence-corrected chi connectivity index (χ2v) is 6.90. The van der Waals surface area contributed by atoms with Gasteiger partial charge in [-0.3, -0.25) is 0 Å². The molecular weight excluding hydrogens is 324 g/mol. The molecule has 21 heavy (non-hydrogen) atoms. The molecule has 112 valence electrons. The van der Waals surface area contributed by atoms with Crippen LogP contribution in [0.5, 0.6) is 0 Å². The van der Waals surface area contributed by atoms with Gasteiger partial charge in [0.2, 0.25) is 0 Å². The van der Waals surface area contributed by atoms with Gasteiger partial charge in [-0.2, -0.15) is 0 Å². The predicted molar refractivity (Wildman–Crippen MR) is 92.4 cm³/mol. The van der Waals surface area contributed by atoms with Crippen molar-refractivity contribution in [3.05, 3.63) is 40.5 Å². The minimum absolute atomic E-state index is 0.358. The zero-order valence-corrected chi connectivity index (χ0v) is 14.2. The molecule has 3 rings (SSSR count). The van der Waals surface area contributed by atoms with Gasteiger partial charge < -0.3 is 5.32 Å². The summed E-state index contributed by atoms with van der Waals surface area (Å²) in [4.78, 5) is 4.93. The molecule has 3 heteroatoms. The lowest BCUT2D eigenvalue weighted by Crippen LogP contribution is -2.24. The monoisotopic (exact) mass is 346 g/mol. The van der Waals surface area contributed by atoms with Crippen molar-refractivity contribution in [2.24, 2.45) is 5.92 Å². The summed E-state index contributed by atoms with van der Waals surface area (Å²) in [7, 11) is 0. The number of nitrogens with one attached hydrogen (secondary N) is 1. The Kier molecular flexibility index (Phi) is 4.91. The van der Waals surface area contributed by atoms with Crippen LogP contribution in [0, 0.1) is 5.92 Å². The van der Waals surface area contributed by atoms with E-state index in [2.05, 4.69) is 58.5 Å². The van der Waals surface area contributed by atoms with E-state index < -0.39 is 0 Å². The van der Waals surface area contributed by atoms with E-state index in [-0.39, 0.29) is 0 Å². The van der Waals surface area contributed by atoms with E-state index in [1.165, 1.54) is 43.2 Å². The lowest BCUT2D eigenvalue weighted by Gasteiger charge is -2.22. The summed E-state index contributed by atoms with van der Waals surface area (Å²) in [5.74, 6) is 0.856. The van der Waals surface area contributed by atoms with E-state index in [9.17, 15) is 0 Å². The van der Waals surface area contributed by atoms with Crippen LogP contribution in [0.3, 0.4) is 0 Å². The summed E-state index contributed by atoms with van der Waals surface area (Å²) in [6, 6.07) is 10.9. The predicted octanol–water partition coefficient (Wildman–Crippen LogP) is 5.23. The fourth-order valence-electron chi connectivity index (χ4n) is 3.47. The Morgan fingerprint density at radius 3 is 2.81 bits per heavy atom. The number of halogens is 1. The lowest BCUT2D eigenvalue weighted by atomic mass is 9.95. The highest BCUT2D eigenvalue weighted by Gasteiger charge is 2.23. The molecular formula is C18H23BrN2. The molecule has 0 saturated heterocycles. The van der Waals surface area contributed by atoms with E-state index in [0.717, 1.165) is 22.5 Å². The van der Waals surface area contributed by atoms with Gasteiger partial charge in [-0.15, -0.1) is 0 Å². The Morgan fingerprint density at radius 2 is 2.05 bits per heavy atom. The number of para-hydroxylation sites is 1. The van der Waals surface area contributed by atoms with Gasteiger partial charge in [0.25, 0.3) is 0 Å². The second-order valence-electron chi connectivity index (χ2n) is 6.04. The summed E-state index contributed by atoms with van der Waals surface area (Å²) in [5.41, 5.74) is 2.26. The minimum Gasteiger partial charge on any atom is -0.309 e. The average molecular weight is 347 g/mol. The van der Waals surface area contributed by atoms with Crippen LogP contribution >= 0.6 is 15.9 Å². The maximum absolute atomic E-state index is 4.93. The van der Waals surface area contributed by atoms with Gasteiger partial charge in [0.15, 0.2) is 0 Å². The van der Waals surface area contributed by atoms with Crippen LogP contribution in [0.25, 0.3) is 10.9 Å². The third-order valence-corrected chi connectivity index (χ3v) is 5.16. The molecule has 1 aliphatic carbocycles. The van der Waals surface area contributed by atoms with Crippen LogP contribution in [-0.2, 0) is 0 Å². The molecule has 1 unspecified atom stereocenters. The summed E-state index contributed by atoms with van der Waals surface area (Å²) >= 11 is 3.73. The highest BCUT2D eigenvalue weighted by atomic mass is 79.9. The molecule has 0 bridgehead atoms. The summed E-state index contributed by atoms with van der Waals surface area (Å²) < 4.78 is 1.13. The molecule has 1 aromatic carbocycles. The van der Waals surface area contributed by atoms with Crippen molar-refractivity contribution in [1.29, 1.82) is 0 Å². The highest BCUT2D eigenvalue weighted by molar-refractivity contribution is 9.10. The van der Waals surface area contributed by atoms with Crippen LogP contribution in [-0.4, -0.2) is 11.5 Å². The number of hydrogen-bond donors (Lipinski definition) is 1. The van der Waals surface area contributed by atoms with Crippen LogP contribution in [0.2, 0.25) is 0 Å². The molecule has 1 aliphatic rings. The molecule has 1 saturated carbocycles. The standard InChI is InChI=1S/C18H23BrN2/c1-2-20-17(11-13-7-3-4-8-13)18-15(19)12-14-9-5-6-10-16(14)21-18/h5-6,9-10,12-13,17,20H,2-4,7-8,11H2,1H3. The van der Waals surface area contributed by atoms with Crippen LogP contribution in [0.15, 0.2) is 34.8 Å². The Morgan fingerprint density at radius 1 is 1.29 bits per heavy atom. The first-order chi connectivity index (χ1) is 10.3. The Balaban J connectivity index is 1.91. The van der Waals surface area contributed by atoms with Crippen molar-refractivity contribution in [3.63, 3.8) is 0 Å². The molecule has 0 amide bonds. The number of fused-ring (bicyclic) bond motifs is 1. The van der Waals surface area contributed by atoms with E-state index in [1.807, 2.05) is 0 Å². The van der Waals surface area contributed by atoms with E-state index in [0.29, 0.717) is 6.04 Å². The first kappa shape index (κ1) is 15.0. The number of hydrogen-bond acceptors (Lipinski definition) is 2. The van der Waals surface area contributed by atoms with Crippen LogP contribution in [0.4, 0.5) is 0 Å². The zero-order chi connectivity index (χ0) is 14.7. The van der Waals surface area contributed by atoms with E-state index >= 15 is 0 Å². The molecule has 0 aliphatic heterocycles. The van der Waals surface area contributed by atoms with Crippen molar-refractivity contribution in [2.45, 2.75) is 45.1 Å². The summed E-state index contributed by atoms with van der Waals surface area (Å²) in [6.45, 7) is 3.16. The van der Waals surface area contributed by atoms with Gasteiger partial charge in [-0.05, 0) is 46.9 Å². The van der Waals surface area contributed by atoms with Gasteiger partial charge >= 0.3 is 0 Å². The van der Waals surface area contributed by atoms with Gasteiger partial charge in [0, 0.05) is 9.86 Å². The topological polar surface area (TPSA) is 24.9 Å². The molecule has 2 nitrogen and oxygen atoms in total. The lowest BCUT2D eigenvalue weighted by molar-refractivity contribution is 0.394. The van der Waals surface area contributed by atoms with E-state index in [4.69, 9.17) is 4.98 Å². The van der Waals surface area contributed by atoms with Crippen molar-refractivity contribution < 1.29 is 0 Å². The fourth-order valence-corrected chi connectivity index (χ4v) is 4.08. The van der Waals surface area contributed by atoms with Gasteiger partial charge in [-0.25, -0.2) is 4.98 Å². The van der Waals surface area contributed by atoms with Gasteiger partial charge in [0.05, 0.1) is 17.3 Å². The maximum Gasteiger partial charge on any atom is 0.0722 e. The first-order valence-electron chi connectivity index (χ1n) is 8.06. The molecule has 1 atom stereocenters. The Labute approximate surface area is 135 Å². The van der Waals surface area contributed by atoms with Crippen molar-refractivity contribution in [2.75, 3.05) is 6.54 Å². The SMILES string of the molecule is CCNC(CC1CCCC1)c1nc2ccccc2cc1Br. The molecule has 0 spiro atoms. The van der Waals surface area contributed by atoms with Crippen LogP contribution < -0.4 is 5.32 Å². The summed E-state index contributed by atoms with van der Waals surface area (Å²) in [5, 5.41) is 4.84. The highest BCUT2D eigenvalue weighted by Crippen LogP contribution is 2.35. The maximum atomic E-state index is 4.93. The average Bonchev–Trinajstić information content (AvgIpc) is 2.99. The van der Waals surface area contributed by atoms with Crippen molar-refractivity contribution >= 4 is 26.8 Å². The molecule has 1 aromatic heterocycles. The van der Waals surface area contributed by atoms with Crippen molar-refractivity contribution in [1.82, 2.24) is 10.3 Å². The number of aromatic nitrogens is 1. The third-order valence-electron chi connectivity index (χ3n) is 4.53. The largest absolute Gasteiger partial charge is 0.309 e. The van der Waals surface area contributed by atoms with Crippen molar-refractivity contribution in [3.8, 4) is 0 Å². The minimum atomic E-state index is 0.358. The third kappa shape index (κ3) is 3.46. The summed E-state index contributed by atoms with van der Waals surface area (Å²) in [6.07, 6.45) is 6.77. The normalized spacial score (nSPS) is 17.4. The smallest absolute Gasteiger partial charge is 0.0722 e. The van der Waals surface area contributed by atoms with E-state index in [1.54, 1.807) is 0 Å². The fraction of sp³-hybridized carbons (Fsp3) is 0.500. The quantitative estimate of drug-likeness (QED) is 0.801.